The molecule has 0 bridgehead atoms. The van der Waals surface area contributed by atoms with Crippen LogP contribution < -0.4 is 33.2 Å². The maximum absolute atomic E-state index is 13.1. The summed E-state index contributed by atoms with van der Waals surface area (Å²) in [7, 11) is 0. The van der Waals surface area contributed by atoms with Crippen molar-refractivity contribution in [2.24, 2.45) is 17.2 Å². The number of carbonyl (C=O) groups is 6. The van der Waals surface area contributed by atoms with Crippen molar-refractivity contribution in [2.45, 2.75) is 75.5 Å². The van der Waals surface area contributed by atoms with Crippen molar-refractivity contribution < 1.29 is 44.1 Å². The van der Waals surface area contributed by atoms with E-state index in [4.69, 9.17) is 22.3 Å². The number of unbranched alkanes of at least 4 members (excludes halogenated alkanes) is 1. The second-order valence-corrected chi connectivity index (χ2v) is 9.22. The van der Waals surface area contributed by atoms with Crippen LogP contribution >= 0.6 is 0 Å². The third kappa shape index (κ3) is 13.0. The maximum atomic E-state index is 13.1. The predicted molar refractivity (Wildman–Crippen MR) is 141 cm³/mol. The maximum Gasteiger partial charge on any atom is 0.326 e. The number of primary amides is 1. The summed E-state index contributed by atoms with van der Waals surface area (Å²) >= 11 is 0. The van der Waals surface area contributed by atoms with Gasteiger partial charge in [0.25, 0.3) is 0 Å². The summed E-state index contributed by atoms with van der Waals surface area (Å²) in [5, 5.41) is 35.0. The van der Waals surface area contributed by atoms with E-state index in [0.717, 1.165) is 0 Å². The van der Waals surface area contributed by atoms with Gasteiger partial charge in [-0.05, 0) is 62.8 Å². The number of nitrogens with one attached hydrogen (secondary N) is 3. The number of hydrogen-bond acceptors (Lipinski definition) is 9. The van der Waals surface area contributed by atoms with Crippen LogP contribution in [-0.4, -0.2) is 81.6 Å². The van der Waals surface area contributed by atoms with Crippen LogP contribution in [0, 0.1) is 0 Å². The van der Waals surface area contributed by atoms with E-state index in [2.05, 4.69) is 16.0 Å². The van der Waals surface area contributed by atoms with Crippen LogP contribution in [0.2, 0.25) is 0 Å². The Morgan fingerprint density at radius 1 is 0.750 bits per heavy atom. The molecule has 0 radical (unpaired) electrons. The topological polar surface area (TPSA) is 277 Å². The first-order chi connectivity index (χ1) is 18.8. The highest BCUT2D eigenvalue weighted by atomic mass is 16.4. The summed E-state index contributed by atoms with van der Waals surface area (Å²) in [5.74, 6) is -5.92. The minimum Gasteiger partial charge on any atom is -0.508 e. The highest BCUT2D eigenvalue weighted by Gasteiger charge is 2.30. The molecule has 0 spiro atoms. The number of nitrogens with two attached hydrogens (primary N) is 3. The van der Waals surface area contributed by atoms with Gasteiger partial charge in [-0.1, -0.05) is 12.1 Å². The van der Waals surface area contributed by atoms with Gasteiger partial charge in [-0.15, -0.1) is 0 Å². The lowest BCUT2D eigenvalue weighted by atomic mass is 10.0. The van der Waals surface area contributed by atoms with E-state index in [9.17, 15) is 39.0 Å². The third-order valence-electron chi connectivity index (χ3n) is 5.88. The van der Waals surface area contributed by atoms with Gasteiger partial charge in [0, 0.05) is 12.8 Å². The molecule has 4 amide bonds. The molecular formula is C25H38N6O9. The molecular weight excluding hydrogens is 528 g/mol. The van der Waals surface area contributed by atoms with Crippen molar-refractivity contribution >= 4 is 35.6 Å². The molecule has 1 rings (SSSR count). The Morgan fingerprint density at radius 2 is 1.27 bits per heavy atom. The molecule has 15 heteroatoms. The third-order valence-corrected chi connectivity index (χ3v) is 5.88. The first kappa shape index (κ1) is 33.8. The van der Waals surface area contributed by atoms with Crippen LogP contribution in [0.3, 0.4) is 0 Å². The fraction of sp³-hybridized carbons (Fsp3) is 0.520. The van der Waals surface area contributed by atoms with E-state index in [0.29, 0.717) is 24.9 Å². The lowest BCUT2D eigenvalue weighted by Gasteiger charge is -2.25. The number of phenols is 1. The van der Waals surface area contributed by atoms with Crippen molar-refractivity contribution in [2.75, 3.05) is 6.54 Å². The molecule has 222 valence electrons. The first-order valence-electron chi connectivity index (χ1n) is 12.7. The molecule has 0 aliphatic rings. The summed E-state index contributed by atoms with van der Waals surface area (Å²) in [6, 6.07) is 0.681. The Hall–Kier alpha value is -4.24. The Bertz CT molecular complexity index is 1030. The summed E-state index contributed by atoms with van der Waals surface area (Å²) in [4.78, 5) is 72.8. The molecule has 0 saturated carbocycles. The number of phenolic OH excluding ortho intramolecular Hbond substituents is 1. The molecule has 0 fully saturated rings. The highest BCUT2D eigenvalue weighted by molar-refractivity contribution is 5.94. The van der Waals surface area contributed by atoms with Gasteiger partial charge >= 0.3 is 11.9 Å². The number of carboxylic acid groups (broad SMARTS) is 2. The van der Waals surface area contributed by atoms with Crippen LogP contribution in [-0.2, 0) is 35.2 Å². The molecule has 0 aromatic heterocycles. The second-order valence-electron chi connectivity index (χ2n) is 9.22. The SMILES string of the molecule is NCCCCC(NC(=O)C(CCC(N)=O)NC(=O)C(CCC(=O)O)NC(=O)C(N)Cc1ccc(O)cc1)C(=O)O. The van der Waals surface area contributed by atoms with Gasteiger partial charge in [0.2, 0.25) is 23.6 Å². The highest BCUT2D eigenvalue weighted by Crippen LogP contribution is 2.11. The van der Waals surface area contributed by atoms with Crippen molar-refractivity contribution in [3.8, 4) is 5.75 Å². The lowest BCUT2D eigenvalue weighted by molar-refractivity contribution is -0.142. The molecule has 1 aromatic carbocycles. The standard InChI is InChI=1S/C25H38N6O9/c26-12-2-1-3-19(25(39)40)31-24(38)17(8-10-20(28)33)30-23(37)18(9-11-21(34)35)29-22(36)16(27)13-14-4-6-15(32)7-5-14/h4-7,16-19,32H,1-3,8-13,26-27H2,(H2,28,33)(H,29,36)(H,30,37)(H,31,38)(H,34,35)(H,39,40). The van der Waals surface area contributed by atoms with Crippen LogP contribution in [0.15, 0.2) is 24.3 Å². The number of carbonyl (C=O) groups excluding carboxylic acids is 4. The molecule has 4 unspecified atom stereocenters. The number of benzene rings is 1. The number of aromatic hydroxyl groups is 1. The fourth-order valence-electron chi connectivity index (χ4n) is 3.64. The normalized spacial score (nSPS) is 13.8. The zero-order chi connectivity index (χ0) is 30.2. The van der Waals surface area contributed by atoms with E-state index >= 15 is 0 Å². The number of hydrogen-bond donors (Lipinski definition) is 9. The molecule has 15 nitrogen and oxygen atoms in total. The predicted octanol–water partition coefficient (Wildman–Crippen LogP) is -1.94. The van der Waals surface area contributed by atoms with Crippen molar-refractivity contribution in [3.05, 3.63) is 29.8 Å². The lowest BCUT2D eigenvalue weighted by Crippen LogP contribution is -2.57. The van der Waals surface area contributed by atoms with E-state index in [1.807, 2.05) is 0 Å². The van der Waals surface area contributed by atoms with Gasteiger partial charge in [0.05, 0.1) is 6.04 Å². The summed E-state index contributed by atoms with van der Waals surface area (Å²) in [6.07, 6.45) is -0.392. The molecule has 12 N–H and O–H groups in total. The van der Waals surface area contributed by atoms with Gasteiger partial charge < -0.3 is 48.5 Å². The zero-order valence-corrected chi connectivity index (χ0v) is 22.0. The van der Waals surface area contributed by atoms with E-state index in [1.165, 1.54) is 12.1 Å². The molecule has 0 saturated heterocycles. The van der Waals surface area contributed by atoms with Crippen molar-refractivity contribution in [1.29, 1.82) is 0 Å². The average Bonchev–Trinajstić information content (AvgIpc) is 2.88. The second kappa shape index (κ2) is 17.4. The molecule has 0 heterocycles. The Kier molecular flexibility index (Phi) is 14.7. The number of carboxylic acids is 2. The monoisotopic (exact) mass is 566 g/mol. The fourth-order valence-corrected chi connectivity index (χ4v) is 3.64. The quantitative estimate of drug-likeness (QED) is 0.0830. The Labute approximate surface area is 230 Å². The van der Waals surface area contributed by atoms with E-state index in [1.54, 1.807) is 12.1 Å². The Morgan fingerprint density at radius 3 is 1.77 bits per heavy atom. The molecule has 0 aliphatic carbocycles. The zero-order valence-electron chi connectivity index (χ0n) is 22.0. The van der Waals surface area contributed by atoms with Crippen LogP contribution in [0.5, 0.6) is 5.75 Å². The molecule has 1 aromatic rings. The Balaban J connectivity index is 3.01. The average molecular weight is 567 g/mol. The minimum atomic E-state index is -1.42. The summed E-state index contributed by atoms with van der Waals surface area (Å²) < 4.78 is 0. The smallest absolute Gasteiger partial charge is 0.326 e. The van der Waals surface area contributed by atoms with Gasteiger partial charge in [-0.3, -0.25) is 24.0 Å². The summed E-state index contributed by atoms with van der Waals surface area (Å²) in [6.45, 7) is 0.333. The summed E-state index contributed by atoms with van der Waals surface area (Å²) in [5.41, 5.74) is 17.2. The first-order valence-corrected chi connectivity index (χ1v) is 12.7. The number of amides is 4. The van der Waals surface area contributed by atoms with Gasteiger partial charge in [-0.2, -0.15) is 0 Å². The molecule has 0 aliphatic heterocycles. The van der Waals surface area contributed by atoms with Gasteiger partial charge in [0.1, 0.15) is 23.9 Å². The number of rotatable bonds is 19. The van der Waals surface area contributed by atoms with E-state index < -0.39 is 66.2 Å². The van der Waals surface area contributed by atoms with Crippen molar-refractivity contribution in [1.82, 2.24) is 16.0 Å². The minimum absolute atomic E-state index is 0.0207. The van der Waals surface area contributed by atoms with Crippen LogP contribution in [0.1, 0.15) is 50.5 Å². The largest absolute Gasteiger partial charge is 0.508 e. The van der Waals surface area contributed by atoms with Crippen molar-refractivity contribution in [3.63, 3.8) is 0 Å². The van der Waals surface area contributed by atoms with Crippen LogP contribution in [0.4, 0.5) is 0 Å². The molecule has 40 heavy (non-hydrogen) atoms. The number of aliphatic carboxylic acids is 2. The van der Waals surface area contributed by atoms with Gasteiger partial charge in [-0.25, -0.2) is 4.79 Å². The molecule has 4 atom stereocenters. The van der Waals surface area contributed by atoms with Crippen LogP contribution in [0.25, 0.3) is 0 Å². The van der Waals surface area contributed by atoms with Gasteiger partial charge in [0.15, 0.2) is 0 Å². The van der Waals surface area contributed by atoms with E-state index in [-0.39, 0.29) is 37.9 Å².